The highest BCUT2D eigenvalue weighted by molar-refractivity contribution is 5.80. The fourth-order valence-electron chi connectivity index (χ4n) is 2.68. The van der Waals surface area contributed by atoms with Crippen LogP contribution in [0.25, 0.3) is 0 Å². The summed E-state index contributed by atoms with van der Waals surface area (Å²) in [6.07, 6.45) is 5.40. The molecule has 2 rings (SSSR count). The molecule has 3 N–H and O–H groups in total. The number of oxime groups is 1. The van der Waals surface area contributed by atoms with Crippen molar-refractivity contribution in [2.45, 2.75) is 39.0 Å². The second kappa shape index (κ2) is 6.64. The van der Waals surface area contributed by atoms with Gasteiger partial charge in [-0.3, -0.25) is 0 Å². The van der Waals surface area contributed by atoms with Crippen LogP contribution in [0.1, 0.15) is 39.0 Å². The van der Waals surface area contributed by atoms with E-state index >= 15 is 0 Å². The monoisotopic (exact) mass is 275 g/mol. The normalized spacial score (nSPS) is 16.9. The Hall–Kier alpha value is -1.71. The number of hydrogen-bond donors (Lipinski definition) is 2. The van der Waals surface area contributed by atoms with Gasteiger partial charge in [0.25, 0.3) is 0 Å². The van der Waals surface area contributed by atoms with Crippen LogP contribution in [0.15, 0.2) is 35.5 Å². The number of benzene rings is 1. The molecule has 20 heavy (non-hydrogen) atoms. The van der Waals surface area contributed by atoms with Gasteiger partial charge in [-0.2, -0.15) is 0 Å². The molecular weight excluding hydrogens is 250 g/mol. The van der Waals surface area contributed by atoms with E-state index in [2.05, 4.69) is 41.2 Å². The highest BCUT2D eigenvalue weighted by Gasteiger charge is 2.44. The minimum Gasteiger partial charge on any atom is -0.409 e. The lowest BCUT2D eigenvalue weighted by Crippen LogP contribution is -2.33. The zero-order valence-electron chi connectivity index (χ0n) is 12.3. The Morgan fingerprint density at radius 3 is 2.60 bits per heavy atom. The summed E-state index contributed by atoms with van der Waals surface area (Å²) in [7, 11) is 0. The Kier molecular flexibility index (Phi) is 4.88. The molecule has 0 spiro atoms. The van der Waals surface area contributed by atoms with Crippen LogP contribution >= 0.6 is 0 Å². The van der Waals surface area contributed by atoms with Crippen molar-refractivity contribution in [3.8, 4) is 0 Å². The van der Waals surface area contributed by atoms with Gasteiger partial charge in [0.1, 0.15) is 5.84 Å². The number of unbranched alkanes of at least 4 members (excludes halogenated alkanes) is 1. The van der Waals surface area contributed by atoms with Crippen LogP contribution in [-0.4, -0.2) is 24.1 Å². The zero-order chi connectivity index (χ0) is 14.4. The largest absolute Gasteiger partial charge is 0.409 e. The summed E-state index contributed by atoms with van der Waals surface area (Å²) in [5.41, 5.74) is 7.17. The van der Waals surface area contributed by atoms with E-state index in [1.54, 1.807) is 0 Å². The van der Waals surface area contributed by atoms with Crippen molar-refractivity contribution in [1.29, 1.82) is 0 Å². The maximum absolute atomic E-state index is 8.77. The Labute approximate surface area is 121 Å². The van der Waals surface area contributed by atoms with Crippen LogP contribution in [0.2, 0.25) is 0 Å². The first-order valence-corrected chi connectivity index (χ1v) is 7.45. The Morgan fingerprint density at radius 1 is 1.35 bits per heavy atom. The topological polar surface area (TPSA) is 61.8 Å². The third-order valence-electron chi connectivity index (χ3n) is 4.07. The standard InChI is InChI=1S/C16H25N3O/c1-2-3-11-19(14-7-5-4-6-8-14)13-16(9-10-16)12-15(17)18-20/h4-8,20H,2-3,9-13H2,1H3,(H2,17,18). The average Bonchev–Trinajstić information content (AvgIpc) is 3.23. The van der Waals surface area contributed by atoms with Crippen molar-refractivity contribution in [3.05, 3.63) is 30.3 Å². The van der Waals surface area contributed by atoms with E-state index in [-0.39, 0.29) is 5.41 Å². The van der Waals surface area contributed by atoms with Crippen LogP contribution in [0.4, 0.5) is 5.69 Å². The van der Waals surface area contributed by atoms with Crippen LogP contribution in [0, 0.1) is 5.41 Å². The first-order valence-electron chi connectivity index (χ1n) is 7.45. The summed E-state index contributed by atoms with van der Waals surface area (Å²) in [5, 5.41) is 11.9. The second-order valence-corrected chi connectivity index (χ2v) is 5.88. The fourth-order valence-corrected chi connectivity index (χ4v) is 2.68. The van der Waals surface area contributed by atoms with Gasteiger partial charge in [0.2, 0.25) is 0 Å². The lowest BCUT2D eigenvalue weighted by Gasteiger charge is -2.29. The van der Waals surface area contributed by atoms with E-state index in [9.17, 15) is 0 Å². The number of rotatable bonds is 8. The molecule has 0 aromatic heterocycles. The predicted molar refractivity (Wildman–Crippen MR) is 83.3 cm³/mol. The number of hydrogen-bond acceptors (Lipinski definition) is 3. The number of anilines is 1. The Bertz CT molecular complexity index is 440. The van der Waals surface area contributed by atoms with Gasteiger partial charge < -0.3 is 15.8 Å². The summed E-state index contributed by atoms with van der Waals surface area (Å²) in [4.78, 5) is 2.45. The number of amidine groups is 1. The second-order valence-electron chi connectivity index (χ2n) is 5.88. The molecule has 0 radical (unpaired) electrons. The molecule has 1 aliphatic carbocycles. The molecule has 1 aromatic rings. The van der Waals surface area contributed by atoms with Crippen molar-refractivity contribution < 1.29 is 5.21 Å². The lowest BCUT2D eigenvalue weighted by atomic mass is 10.0. The third-order valence-corrected chi connectivity index (χ3v) is 4.07. The van der Waals surface area contributed by atoms with E-state index in [1.807, 2.05) is 6.07 Å². The molecule has 0 aliphatic heterocycles. The molecule has 0 amide bonds. The average molecular weight is 275 g/mol. The van der Waals surface area contributed by atoms with Gasteiger partial charge >= 0.3 is 0 Å². The molecule has 0 saturated heterocycles. The summed E-state index contributed by atoms with van der Waals surface area (Å²) in [5.74, 6) is 0.353. The fraction of sp³-hybridized carbons (Fsp3) is 0.562. The molecule has 1 saturated carbocycles. The van der Waals surface area contributed by atoms with E-state index in [0.29, 0.717) is 12.3 Å². The molecular formula is C16H25N3O. The van der Waals surface area contributed by atoms with Gasteiger partial charge in [0, 0.05) is 25.2 Å². The zero-order valence-corrected chi connectivity index (χ0v) is 12.3. The summed E-state index contributed by atoms with van der Waals surface area (Å²) in [6.45, 7) is 4.28. The molecule has 0 atom stereocenters. The van der Waals surface area contributed by atoms with Crippen LogP contribution in [0.5, 0.6) is 0 Å². The highest BCUT2D eigenvalue weighted by Crippen LogP contribution is 2.49. The maximum Gasteiger partial charge on any atom is 0.139 e. The molecule has 1 aromatic carbocycles. The smallest absolute Gasteiger partial charge is 0.139 e. The van der Waals surface area contributed by atoms with Gasteiger partial charge in [-0.05, 0) is 36.8 Å². The third kappa shape index (κ3) is 3.89. The van der Waals surface area contributed by atoms with Crippen molar-refractivity contribution in [2.24, 2.45) is 16.3 Å². The van der Waals surface area contributed by atoms with Gasteiger partial charge in [0.15, 0.2) is 0 Å². The molecule has 0 unspecified atom stereocenters. The summed E-state index contributed by atoms with van der Waals surface area (Å²) >= 11 is 0. The van der Waals surface area contributed by atoms with E-state index < -0.39 is 0 Å². The summed E-state index contributed by atoms with van der Waals surface area (Å²) in [6, 6.07) is 10.5. The van der Waals surface area contributed by atoms with Gasteiger partial charge in [0.05, 0.1) is 0 Å². The van der Waals surface area contributed by atoms with Gasteiger partial charge in [-0.1, -0.05) is 36.7 Å². The Morgan fingerprint density at radius 2 is 2.05 bits per heavy atom. The van der Waals surface area contributed by atoms with Crippen LogP contribution in [0.3, 0.4) is 0 Å². The number of para-hydroxylation sites is 1. The predicted octanol–water partition coefficient (Wildman–Crippen LogP) is 3.21. The van der Waals surface area contributed by atoms with E-state index in [1.165, 1.54) is 31.4 Å². The first-order chi connectivity index (χ1) is 9.69. The first kappa shape index (κ1) is 14.7. The molecule has 0 bridgehead atoms. The Balaban J connectivity index is 2.04. The molecule has 1 fully saturated rings. The van der Waals surface area contributed by atoms with E-state index in [4.69, 9.17) is 10.9 Å². The molecule has 110 valence electrons. The van der Waals surface area contributed by atoms with Crippen molar-refractivity contribution in [1.82, 2.24) is 0 Å². The lowest BCUT2D eigenvalue weighted by molar-refractivity contribution is 0.314. The van der Waals surface area contributed by atoms with Gasteiger partial charge in [-0.15, -0.1) is 0 Å². The quantitative estimate of drug-likeness (QED) is 0.331. The molecule has 4 heteroatoms. The van der Waals surface area contributed by atoms with Crippen LogP contribution < -0.4 is 10.6 Å². The number of nitrogens with two attached hydrogens (primary N) is 1. The summed E-state index contributed by atoms with van der Waals surface area (Å²) < 4.78 is 0. The minimum atomic E-state index is 0.208. The molecule has 0 heterocycles. The maximum atomic E-state index is 8.77. The van der Waals surface area contributed by atoms with Crippen molar-refractivity contribution in [2.75, 3.05) is 18.0 Å². The molecule has 1 aliphatic rings. The molecule has 4 nitrogen and oxygen atoms in total. The SMILES string of the molecule is CCCCN(CC1(CC(N)=NO)CC1)c1ccccc1. The van der Waals surface area contributed by atoms with Crippen molar-refractivity contribution in [3.63, 3.8) is 0 Å². The van der Waals surface area contributed by atoms with Gasteiger partial charge in [-0.25, -0.2) is 0 Å². The minimum absolute atomic E-state index is 0.208. The van der Waals surface area contributed by atoms with Crippen LogP contribution in [-0.2, 0) is 0 Å². The van der Waals surface area contributed by atoms with Crippen molar-refractivity contribution >= 4 is 11.5 Å². The highest BCUT2D eigenvalue weighted by atomic mass is 16.4. The van der Waals surface area contributed by atoms with E-state index in [0.717, 1.165) is 13.1 Å². The number of nitrogens with zero attached hydrogens (tertiary/aromatic N) is 2.